The Bertz CT molecular complexity index is 487. The number of nitrogens with one attached hydrogen (secondary N) is 1. The Kier molecular flexibility index (Phi) is 4.23. The van der Waals surface area contributed by atoms with Crippen LogP contribution in [-0.4, -0.2) is 16.1 Å². The van der Waals surface area contributed by atoms with Crippen LogP contribution in [0.15, 0.2) is 41.3 Å². The zero-order valence-corrected chi connectivity index (χ0v) is 10.8. The van der Waals surface area contributed by atoms with Gasteiger partial charge in [0.2, 0.25) is 0 Å². The number of hydrogen-bond acceptors (Lipinski definition) is 4. The van der Waals surface area contributed by atoms with E-state index >= 15 is 0 Å². The minimum Gasteiger partial charge on any atom is -0.467 e. The summed E-state index contributed by atoms with van der Waals surface area (Å²) in [7, 11) is 0. The van der Waals surface area contributed by atoms with Crippen LogP contribution in [0.2, 0.25) is 5.02 Å². The molecule has 0 aliphatic carbocycles. The fourth-order valence-electron chi connectivity index (χ4n) is 1.75. The summed E-state index contributed by atoms with van der Waals surface area (Å²) in [5.41, 5.74) is 0.811. The summed E-state index contributed by atoms with van der Waals surface area (Å²) >= 11 is 6.00. The molecule has 5 heteroatoms. The molecule has 0 aliphatic heterocycles. The number of pyridine rings is 1. The van der Waals surface area contributed by atoms with E-state index in [0.29, 0.717) is 17.2 Å². The second-order valence-corrected chi connectivity index (χ2v) is 4.58. The van der Waals surface area contributed by atoms with Gasteiger partial charge < -0.3 is 14.8 Å². The van der Waals surface area contributed by atoms with Gasteiger partial charge in [0, 0.05) is 24.9 Å². The number of aromatic nitrogens is 1. The lowest BCUT2D eigenvalue weighted by Crippen LogP contribution is -2.18. The minimum absolute atomic E-state index is 0.0602. The fraction of sp³-hybridized carbons (Fsp3) is 0.308. The minimum atomic E-state index is -0.622. The molecule has 0 radical (unpaired) electrons. The number of aliphatic hydroxyl groups is 1. The molecule has 0 fully saturated rings. The maximum absolute atomic E-state index is 9.95. The summed E-state index contributed by atoms with van der Waals surface area (Å²) in [5, 5.41) is 13.7. The number of aliphatic hydroxyl groups excluding tert-OH is 1. The Hall–Kier alpha value is -1.52. The summed E-state index contributed by atoms with van der Waals surface area (Å²) in [4.78, 5) is 3.92. The quantitative estimate of drug-likeness (QED) is 0.872. The van der Waals surface area contributed by atoms with E-state index in [9.17, 15) is 5.11 Å². The number of anilines is 1. The first-order chi connectivity index (χ1) is 8.66. The molecular weight excluding hydrogens is 252 g/mol. The first-order valence-electron chi connectivity index (χ1n) is 5.74. The van der Waals surface area contributed by atoms with E-state index in [1.54, 1.807) is 36.9 Å². The standard InChI is InChI=1S/C13H15ClN2O2/c1-9(7-12(17)13-3-2-6-18-13)16-11-4-5-15-8-10(11)14/h2-6,8-9,12,17H,7H2,1H3,(H,15,16)/t9-,12-/m1/s1. The van der Waals surface area contributed by atoms with Crippen molar-refractivity contribution in [1.82, 2.24) is 4.98 Å². The summed E-state index contributed by atoms with van der Waals surface area (Å²) < 4.78 is 5.16. The van der Waals surface area contributed by atoms with Crippen molar-refractivity contribution in [1.29, 1.82) is 0 Å². The Labute approximate surface area is 111 Å². The molecule has 2 atom stereocenters. The molecule has 0 bridgehead atoms. The van der Waals surface area contributed by atoms with E-state index in [0.717, 1.165) is 5.69 Å². The van der Waals surface area contributed by atoms with Gasteiger partial charge in [0.1, 0.15) is 11.9 Å². The summed E-state index contributed by atoms with van der Waals surface area (Å²) in [6.45, 7) is 1.98. The molecule has 0 amide bonds. The zero-order valence-electron chi connectivity index (χ0n) is 10.0. The third-order valence-corrected chi connectivity index (χ3v) is 2.92. The van der Waals surface area contributed by atoms with Crippen LogP contribution < -0.4 is 5.32 Å². The van der Waals surface area contributed by atoms with Crippen molar-refractivity contribution in [2.45, 2.75) is 25.5 Å². The fourth-order valence-corrected chi connectivity index (χ4v) is 1.92. The molecule has 2 heterocycles. The second-order valence-electron chi connectivity index (χ2n) is 4.17. The smallest absolute Gasteiger partial charge is 0.132 e. The largest absolute Gasteiger partial charge is 0.467 e. The molecule has 4 nitrogen and oxygen atoms in total. The number of rotatable bonds is 5. The van der Waals surface area contributed by atoms with E-state index in [4.69, 9.17) is 16.0 Å². The van der Waals surface area contributed by atoms with Crippen molar-refractivity contribution in [3.05, 3.63) is 47.6 Å². The molecule has 0 spiro atoms. The highest BCUT2D eigenvalue weighted by Gasteiger charge is 2.15. The maximum atomic E-state index is 9.95. The van der Waals surface area contributed by atoms with Crippen molar-refractivity contribution in [2.24, 2.45) is 0 Å². The Morgan fingerprint density at radius 3 is 3.00 bits per heavy atom. The van der Waals surface area contributed by atoms with Crippen molar-refractivity contribution < 1.29 is 9.52 Å². The van der Waals surface area contributed by atoms with Crippen LogP contribution in [0.25, 0.3) is 0 Å². The molecule has 2 rings (SSSR count). The summed E-state index contributed by atoms with van der Waals surface area (Å²) in [5.74, 6) is 0.574. The highest BCUT2D eigenvalue weighted by atomic mass is 35.5. The third-order valence-electron chi connectivity index (χ3n) is 2.62. The van der Waals surface area contributed by atoms with Gasteiger partial charge in [-0.2, -0.15) is 0 Å². The molecule has 2 aromatic rings. The molecule has 0 unspecified atom stereocenters. The molecule has 18 heavy (non-hydrogen) atoms. The van der Waals surface area contributed by atoms with Crippen LogP contribution in [0, 0.1) is 0 Å². The first kappa shape index (κ1) is 12.9. The molecule has 96 valence electrons. The topological polar surface area (TPSA) is 58.3 Å². The molecule has 2 N–H and O–H groups in total. The van der Waals surface area contributed by atoms with Gasteiger partial charge in [0.15, 0.2) is 0 Å². The molecule has 2 aromatic heterocycles. The van der Waals surface area contributed by atoms with Gasteiger partial charge in [-0.3, -0.25) is 4.98 Å². The van der Waals surface area contributed by atoms with E-state index in [1.807, 2.05) is 6.92 Å². The van der Waals surface area contributed by atoms with Crippen molar-refractivity contribution in [3.8, 4) is 0 Å². The Morgan fingerprint density at radius 2 is 2.33 bits per heavy atom. The Balaban J connectivity index is 1.93. The number of halogens is 1. The predicted molar refractivity (Wildman–Crippen MR) is 70.6 cm³/mol. The van der Waals surface area contributed by atoms with E-state index < -0.39 is 6.10 Å². The average Bonchev–Trinajstić information content (AvgIpc) is 2.85. The highest BCUT2D eigenvalue weighted by Crippen LogP contribution is 2.24. The average molecular weight is 267 g/mol. The highest BCUT2D eigenvalue weighted by molar-refractivity contribution is 6.33. The van der Waals surface area contributed by atoms with E-state index in [1.165, 1.54) is 0 Å². The predicted octanol–water partition coefficient (Wildman–Crippen LogP) is 3.25. The van der Waals surface area contributed by atoms with E-state index in [2.05, 4.69) is 10.3 Å². The summed E-state index contributed by atoms with van der Waals surface area (Å²) in [6.07, 6.45) is 4.72. The van der Waals surface area contributed by atoms with Gasteiger partial charge in [-0.15, -0.1) is 0 Å². The normalized spacial score (nSPS) is 14.2. The Morgan fingerprint density at radius 1 is 1.50 bits per heavy atom. The lowest BCUT2D eigenvalue weighted by atomic mass is 10.1. The molecule has 0 aliphatic rings. The lowest BCUT2D eigenvalue weighted by Gasteiger charge is -2.18. The van der Waals surface area contributed by atoms with Crippen LogP contribution in [-0.2, 0) is 0 Å². The maximum Gasteiger partial charge on any atom is 0.132 e. The van der Waals surface area contributed by atoms with Crippen LogP contribution in [0.3, 0.4) is 0 Å². The molecule has 0 aromatic carbocycles. The number of furan rings is 1. The second kappa shape index (κ2) is 5.89. The van der Waals surface area contributed by atoms with Gasteiger partial charge in [0.05, 0.1) is 17.0 Å². The van der Waals surface area contributed by atoms with Gasteiger partial charge in [-0.05, 0) is 25.1 Å². The van der Waals surface area contributed by atoms with Gasteiger partial charge in [0.25, 0.3) is 0 Å². The number of nitrogens with zero attached hydrogens (tertiary/aromatic N) is 1. The molecular formula is C13H15ClN2O2. The van der Waals surface area contributed by atoms with Gasteiger partial charge in [-0.1, -0.05) is 11.6 Å². The zero-order chi connectivity index (χ0) is 13.0. The van der Waals surface area contributed by atoms with E-state index in [-0.39, 0.29) is 6.04 Å². The van der Waals surface area contributed by atoms with Gasteiger partial charge in [-0.25, -0.2) is 0 Å². The molecule has 0 saturated carbocycles. The third kappa shape index (κ3) is 3.24. The SMILES string of the molecule is C[C@H](C[C@@H](O)c1ccco1)Nc1ccncc1Cl. The van der Waals surface area contributed by atoms with Crippen LogP contribution in [0.5, 0.6) is 0 Å². The lowest BCUT2D eigenvalue weighted by molar-refractivity contribution is 0.136. The van der Waals surface area contributed by atoms with Crippen LogP contribution in [0.4, 0.5) is 5.69 Å². The first-order valence-corrected chi connectivity index (χ1v) is 6.12. The van der Waals surface area contributed by atoms with Gasteiger partial charge >= 0.3 is 0 Å². The van der Waals surface area contributed by atoms with Crippen molar-refractivity contribution >= 4 is 17.3 Å². The summed E-state index contributed by atoms with van der Waals surface area (Å²) in [6, 6.07) is 5.38. The molecule has 0 saturated heterocycles. The van der Waals surface area contributed by atoms with Crippen molar-refractivity contribution in [3.63, 3.8) is 0 Å². The number of hydrogen-bond donors (Lipinski definition) is 2. The van der Waals surface area contributed by atoms with Crippen LogP contribution in [0.1, 0.15) is 25.2 Å². The van der Waals surface area contributed by atoms with Crippen LogP contribution >= 0.6 is 11.6 Å². The van der Waals surface area contributed by atoms with Crippen molar-refractivity contribution in [2.75, 3.05) is 5.32 Å². The monoisotopic (exact) mass is 266 g/mol.